The molecule has 1 fully saturated rings. The molecule has 1 atom stereocenters. The van der Waals surface area contributed by atoms with E-state index in [-0.39, 0.29) is 11.7 Å². The van der Waals surface area contributed by atoms with Crippen LogP contribution in [0.5, 0.6) is 0 Å². The lowest BCUT2D eigenvalue weighted by Gasteiger charge is -2.15. The molecule has 1 unspecified atom stereocenters. The Morgan fingerprint density at radius 1 is 1.30 bits per heavy atom. The van der Waals surface area contributed by atoms with Crippen LogP contribution in [-0.2, 0) is 17.5 Å². The maximum absolute atomic E-state index is 13.3. The zero-order valence-electron chi connectivity index (χ0n) is 16.0. The van der Waals surface area contributed by atoms with Crippen molar-refractivity contribution in [3.05, 3.63) is 65.5 Å². The van der Waals surface area contributed by atoms with E-state index in [1.54, 1.807) is 18.3 Å². The molecule has 1 aromatic carbocycles. The first-order valence-corrected chi connectivity index (χ1v) is 9.45. The Bertz CT molecular complexity index is 1070. The molecular formula is C20H19F4N5O. The fraction of sp³-hybridized carbons (Fsp3) is 0.350. The van der Waals surface area contributed by atoms with Crippen molar-refractivity contribution in [1.29, 1.82) is 0 Å². The van der Waals surface area contributed by atoms with E-state index in [1.807, 2.05) is 0 Å². The van der Waals surface area contributed by atoms with Gasteiger partial charge >= 0.3 is 6.18 Å². The number of amides is 1. The number of carbonyl (C=O) groups is 1. The zero-order valence-corrected chi connectivity index (χ0v) is 16.0. The van der Waals surface area contributed by atoms with Crippen molar-refractivity contribution in [2.75, 3.05) is 5.32 Å². The van der Waals surface area contributed by atoms with Gasteiger partial charge in [0.15, 0.2) is 5.69 Å². The molecule has 2 aromatic heterocycles. The van der Waals surface area contributed by atoms with E-state index < -0.39 is 23.8 Å². The van der Waals surface area contributed by atoms with Crippen LogP contribution in [-0.4, -0.2) is 25.5 Å². The summed E-state index contributed by atoms with van der Waals surface area (Å²) >= 11 is 0. The average Bonchev–Trinajstić information content (AvgIpc) is 3.26. The third-order valence-electron chi connectivity index (χ3n) is 4.93. The van der Waals surface area contributed by atoms with E-state index in [2.05, 4.69) is 15.5 Å². The van der Waals surface area contributed by atoms with Crippen LogP contribution in [0.15, 0.2) is 42.7 Å². The summed E-state index contributed by atoms with van der Waals surface area (Å²) in [4.78, 5) is 12.6. The standard InChI is InChI=1S/C20H19F4N5O/c1-12(29-17(14-5-6-14)8-18(27-29)20(22,23)24)19(30)26-16-9-25-28(11-16)10-13-3-2-4-15(21)7-13/h2-4,7-9,11-12,14H,5-6,10H2,1H3,(H,26,30). The number of hydrogen-bond donors (Lipinski definition) is 1. The second-order valence-corrected chi connectivity index (χ2v) is 7.39. The van der Waals surface area contributed by atoms with E-state index >= 15 is 0 Å². The Kier molecular flexibility index (Phi) is 5.08. The molecule has 6 nitrogen and oxygen atoms in total. The number of alkyl halides is 3. The van der Waals surface area contributed by atoms with Crippen molar-refractivity contribution < 1.29 is 22.4 Å². The molecular weight excluding hydrogens is 402 g/mol. The Balaban J connectivity index is 1.47. The number of rotatable bonds is 6. The summed E-state index contributed by atoms with van der Waals surface area (Å²) in [5.41, 5.74) is 0.521. The highest BCUT2D eigenvalue weighted by atomic mass is 19.4. The smallest absolute Gasteiger partial charge is 0.322 e. The maximum atomic E-state index is 13.3. The summed E-state index contributed by atoms with van der Waals surface area (Å²) in [5.74, 6) is -0.858. The lowest BCUT2D eigenvalue weighted by Crippen LogP contribution is -2.26. The number of hydrogen-bond acceptors (Lipinski definition) is 3. The highest BCUT2D eigenvalue weighted by Crippen LogP contribution is 2.43. The molecule has 30 heavy (non-hydrogen) atoms. The molecule has 3 aromatic rings. The third-order valence-corrected chi connectivity index (χ3v) is 4.93. The Labute approximate surface area is 169 Å². The van der Waals surface area contributed by atoms with Crippen LogP contribution >= 0.6 is 0 Å². The van der Waals surface area contributed by atoms with Gasteiger partial charge in [0, 0.05) is 17.8 Å². The summed E-state index contributed by atoms with van der Waals surface area (Å²) in [7, 11) is 0. The van der Waals surface area contributed by atoms with Crippen LogP contribution in [0.1, 0.15) is 48.7 Å². The lowest BCUT2D eigenvalue weighted by molar-refractivity contribution is -0.141. The van der Waals surface area contributed by atoms with Gasteiger partial charge in [-0.2, -0.15) is 23.4 Å². The van der Waals surface area contributed by atoms with Gasteiger partial charge in [-0.1, -0.05) is 12.1 Å². The highest BCUT2D eigenvalue weighted by molar-refractivity contribution is 5.93. The molecule has 1 amide bonds. The van der Waals surface area contributed by atoms with Gasteiger partial charge < -0.3 is 5.32 Å². The molecule has 0 radical (unpaired) electrons. The van der Waals surface area contributed by atoms with Crippen molar-refractivity contribution in [3.8, 4) is 0 Å². The second-order valence-electron chi connectivity index (χ2n) is 7.39. The Morgan fingerprint density at radius 3 is 2.73 bits per heavy atom. The lowest BCUT2D eigenvalue weighted by atomic mass is 10.2. The molecule has 0 saturated heterocycles. The minimum absolute atomic E-state index is 0.00197. The number of anilines is 1. The summed E-state index contributed by atoms with van der Waals surface area (Å²) in [6.07, 6.45) is -0.00495. The van der Waals surface area contributed by atoms with Gasteiger partial charge in [0.05, 0.1) is 18.4 Å². The van der Waals surface area contributed by atoms with E-state index in [0.29, 0.717) is 23.5 Å². The number of halogens is 4. The monoisotopic (exact) mass is 421 g/mol. The van der Waals surface area contributed by atoms with Crippen molar-refractivity contribution in [2.45, 2.75) is 44.4 Å². The molecule has 4 rings (SSSR count). The molecule has 0 aliphatic heterocycles. The van der Waals surface area contributed by atoms with Gasteiger partial charge in [-0.25, -0.2) is 4.39 Å². The largest absolute Gasteiger partial charge is 0.435 e. The highest BCUT2D eigenvalue weighted by Gasteiger charge is 2.39. The van der Waals surface area contributed by atoms with Gasteiger partial charge in [0.25, 0.3) is 0 Å². The van der Waals surface area contributed by atoms with Gasteiger partial charge in [0.2, 0.25) is 5.91 Å². The first kappa shape index (κ1) is 20.1. The van der Waals surface area contributed by atoms with Crippen LogP contribution < -0.4 is 5.32 Å². The minimum Gasteiger partial charge on any atom is -0.322 e. The first-order chi connectivity index (χ1) is 14.2. The van der Waals surface area contributed by atoms with E-state index in [4.69, 9.17) is 0 Å². The van der Waals surface area contributed by atoms with Crippen molar-refractivity contribution in [1.82, 2.24) is 19.6 Å². The molecule has 10 heteroatoms. The number of nitrogens with one attached hydrogen (secondary N) is 1. The molecule has 1 N–H and O–H groups in total. The van der Waals surface area contributed by atoms with Gasteiger partial charge in [0.1, 0.15) is 11.9 Å². The number of aromatic nitrogens is 4. The fourth-order valence-electron chi connectivity index (χ4n) is 3.24. The summed E-state index contributed by atoms with van der Waals surface area (Å²) in [6, 6.07) is 6.17. The van der Waals surface area contributed by atoms with Crippen LogP contribution in [0.3, 0.4) is 0 Å². The second kappa shape index (κ2) is 7.58. The van der Waals surface area contributed by atoms with Crippen molar-refractivity contribution >= 4 is 11.6 Å². The minimum atomic E-state index is -4.57. The van der Waals surface area contributed by atoms with Crippen molar-refractivity contribution in [2.24, 2.45) is 0 Å². The molecule has 158 valence electrons. The van der Waals surface area contributed by atoms with Crippen LogP contribution in [0.2, 0.25) is 0 Å². The molecule has 1 aliphatic carbocycles. The SMILES string of the molecule is CC(C(=O)Nc1cnn(Cc2cccc(F)c2)c1)n1nc(C(F)(F)F)cc1C1CC1. The van der Waals surface area contributed by atoms with Crippen molar-refractivity contribution in [3.63, 3.8) is 0 Å². The first-order valence-electron chi connectivity index (χ1n) is 9.45. The summed E-state index contributed by atoms with van der Waals surface area (Å²) in [5, 5.41) is 10.4. The zero-order chi connectivity index (χ0) is 21.5. The summed E-state index contributed by atoms with van der Waals surface area (Å²) in [6.45, 7) is 1.81. The normalized spacial score (nSPS) is 15.2. The van der Waals surface area contributed by atoms with E-state index in [9.17, 15) is 22.4 Å². The topological polar surface area (TPSA) is 64.7 Å². The molecule has 2 heterocycles. The average molecular weight is 421 g/mol. The fourth-order valence-corrected chi connectivity index (χ4v) is 3.24. The molecule has 0 spiro atoms. The van der Waals surface area contributed by atoms with Crippen LogP contribution in [0.4, 0.5) is 23.2 Å². The molecule has 1 saturated carbocycles. The van der Waals surface area contributed by atoms with Gasteiger partial charge in [-0.15, -0.1) is 0 Å². The van der Waals surface area contributed by atoms with Gasteiger partial charge in [-0.05, 0) is 43.5 Å². The van der Waals surface area contributed by atoms with E-state index in [1.165, 1.54) is 29.9 Å². The maximum Gasteiger partial charge on any atom is 0.435 e. The number of carbonyl (C=O) groups excluding carboxylic acids is 1. The van der Waals surface area contributed by atoms with E-state index in [0.717, 1.165) is 23.6 Å². The number of nitrogens with zero attached hydrogens (tertiary/aromatic N) is 4. The predicted octanol–water partition coefficient (Wildman–Crippen LogP) is 4.36. The van der Waals surface area contributed by atoms with Gasteiger partial charge in [-0.3, -0.25) is 14.2 Å². The molecule has 1 aliphatic rings. The quantitative estimate of drug-likeness (QED) is 0.602. The predicted molar refractivity (Wildman–Crippen MR) is 100 cm³/mol. The molecule has 0 bridgehead atoms. The third kappa shape index (κ3) is 4.37. The van der Waals surface area contributed by atoms with Crippen LogP contribution in [0.25, 0.3) is 0 Å². The Morgan fingerprint density at radius 2 is 2.07 bits per heavy atom. The summed E-state index contributed by atoms with van der Waals surface area (Å²) < 4.78 is 55.2. The Hall–Kier alpha value is -3.17. The van der Waals surface area contributed by atoms with Crippen LogP contribution in [0, 0.1) is 5.82 Å². The number of benzene rings is 1.